The zero-order chi connectivity index (χ0) is 25.4. The summed E-state index contributed by atoms with van der Waals surface area (Å²) in [4.78, 5) is 13.9. The van der Waals surface area contributed by atoms with Crippen molar-refractivity contribution in [1.82, 2.24) is 0 Å². The lowest BCUT2D eigenvalue weighted by Crippen LogP contribution is -2.37. The van der Waals surface area contributed by atoms with Crippen molar-refractivity contribution < 1.29 is 40.2 Å². The molecule has 1 heterocycles. The monoisotopic (exact) mass is 484 g/mol. The lowest BCUT2D eigenvalue weighted by molar-refractivity contribution is -0.135. The van der Waals surface area contributed by atoms with Gasteiger partial charge in [0.2, 0.25) is 0 Å². The molecule has 0 unspecified atom stereocenters. The third-order valence-corrected chi connectivity index (χ3v) is 7.05. The van der Waals surface area contributed by atoms with Gasteiger partial charge in [-0.15, -0.1) is 0 Å². The minimum Gasteiger partial charge on any atom is -0.508 e. The van der Waals surface area contributed by atoms with Gasteiger partial charge in [-0.1, -0.05) is 24.3 Å². The lowest BCUT2D eigenvalue weighted by atomic mass is 9.68. The summed E-state index contributed by atoms with van der Waals surface area (Å²) in [7, 11) is 0. The summed E-state index contributed by atoms with van der Waals surface area (Å²) in [6.45, 7) is 0. The van der Waals surface area contributed by atoms with E-state index in [1.165, 1.54) is 54.6 Å². The second kappa shape index (κ2) is 7.40. The molecule has 0 radical (unpaired) electrons. The number of aliphatic hydroxyl groups is 1. The van der Waals surface area contributed by atoms with Gasteiger partial charge in [0.1, 0.15) is 39.9 Å². The van der Waals surface area contributed by atoms with Gasteiger partial charge in [0.15, 0.2) is 0 Å². The Hall–Kier alpha value is -4.69. The predicted molar refractivity (Wildman–Crippen MR) is 126 cm³/mol. The van der Waals surface area contributed by atoms with Crippen molar-refractivity contribution in [2.24, 2.45) is 0 Å². The van der Waals surface area contributed by atoms with E-state index in [0.29, 0.717) is 11.1 Å². The van der Waals surface area contributed by atoms with Gasteiger partial charge in [-0.3, -0.25) is 0 Å². The van der Waals surface area contributed by atoms with Crippen molar-refractivity contribution in [3.8, 4) is 34.5 Å². The van der Waals surface area contributed by atoms with E-state index in [1.54, 1.807) is 12.1 Å². The average Bonchev–Trinajstić information content (AvgIpc) is 3.08. The quantitative estimate of drug-likeness (QED) is 0.187. The van der Waals surface area contributed by atoms with Crippen molar-refractivity contribution in [3.05, 3.63) is 106 Å². The normalized spacial score (nSPS) is 21.9. The van der Waals surface area contributed by atoms with E-state index in [2.05, 4.69) is 0 Å². The van der Waals surface area contributed by atoms with Crippen LogP contribution in [0.4, 0.5) is 0 Å². The number of phenols is 5. The molecule has 8 heteroatoms. The van der Waals surface area contributed by atoms with Gasteiger partial charge in [-0.05, 0) is 58.7 Å². The van der Waals surface area contributed by atoms with Crippen molar-refractivity contribution in [2.45, 2.75) is 17.4 Å². The van der Waals surface area contributed by atoms with Crippen LogP contribution in [0.2, 0.25) is 0 Å². The molecule has 0 saturated heterocycles. The number of hydrogen-bond donors (Lipinski definition) is 6. The Kier molecular flexibility index (Phi) is 4.49. The molecule has 0 saturated carbocycles. The standard InChI is InChI=1S/C28H20O8/c29-15-5-1-13(2-6-15)23-24-20(10-18(32)11-21(24)33)28(14-3-7-16(30)8-4-14)25-19(26(23)34)9-17(31)12-22(25)36-27(28)35/h1-12,23,26,29-34H/t23-,26+,28+/m0/s1. The first-order valence-electron chi connectivity index (χ1n) is 11.1. The molecule has 0 bridgehead atoms. The van der Waals surface area contributed by atoms with E-state index in [4.69, 9.17) is 4.74 Å². The summed E-state index contributed by atoms with van der Waals surface area (Å²) in [5, 5.41) is 63.7. The predicted octanol–water partition coefficient (Wildman–Crippen LogP) is 3.65. The maximum absolute atomic E-state index is 13.9. The Morgan fingerprint density at radius 3 is 2.00 bits per heavy atom. The summed E-state index contributed by atoms with van der Waals surface area (Å²) < 4.78 is 5.63. The molecular formula is C28H20O8. The maximum atomic E-state index is 13.9. The number of phenolic OH excluding ortho intramolecular Hbond substituents is 5. The molecule has 0 aromatic heterocycles. The molecule has 0 spiro atoms. The number of aliphatic hydroxyl groups excluding tert-OH is 1. The highest BCUT2D eigenvalue weighted by Gasteiger charge is 2.58. The number of esters is 1. The first kappa shape index (κ1) is 21.8. The minimum absolute atomic E-state index is 0.000443. The highest BCUT2D eigenvalue weighted by atomic mass is 16.5. The van der Waals surface area contributed by atoms with E-state index >= 15 is 0 Å². The largest absolute Gasteiger partial charge is 0.508 e. The fraction of sp³-hybridized carbons (Fsp3) is 0.107. The molecule has 0 fully saturated rings. The number of hydrogen-bond acceptors (Lipinski definition) is 8. The number of fused-ring (bicyclic) bond motifs is 2. The summed E-state index contributed by atoms with van der Waals surface area (Å²) in [6.07, 6.45) is -1.38. The van der Waals surface area contributed by atoms with Gasteiger partial charge in [0.05, 0.1) is 6.10 Å². The molecule has 36 heavy (non-hydrogen) atoms. The third-order valence-electron chi connectivity index (χ3n) is 7.05. The van der Waals surface area contributed by atoms with Crippen LogP contribution in [-0.4, -0.2) is 36.6 Å². The molecule has 0 amide bonds. The molecule has 2 aliphatic rings. The van der Waals surface area contributed by atoms with Crippen molar-refractivity contribution >= 4 is 5.97 Å². The Morgan fingerprint density at radius 2 is 1.33 bits per heavy atom. The molecule has 3 atom stereocenters. The third kappa shape index (κ3) is 2.82. The highest BCUT2D eigenvalue weighted by Crippen LogP contribution is 2.60. The number of ether oxygens (including phenoxy) is 1. The van der Waals surface area contributed by atoms with Gasteiger partial charge in [-0.2, -0.15) is 0 Å². The average molecular weight is 484 g/mol. The van der Waals surface area contributed by atoms with Gasteiger partial charge in [0, 0.05) is 29.2 Å². The first-order valence-corrected chi connectivity index (χ1v) is 11.1. The van der Waals surface area contributed by atoms with Crippen LogP contribution in [0.3, 0.4) is 0 Å². The second-order valence-corrected chi connectivity index (χ2v) is 9.03. The molecule has 4 aromatic carbocycles. The number of aromatic hydroxyl groups is 5. The van der Waals surface area contributed by atoms with Crippen molar-refractivity contribution in [3.63, 3.8) is 0 Å². The van der Waals surface area contributed by atoms with Crippen LogP contribution < -0.4 is 4.74 Å². The van der Waals surface area contributed by atoms with Gasteiger partial charge >= 0.3 is 5.97 Å². The van der Waals surface area contributed by atoms with Crippen molar-refractivity contribution in [1.29, 1.82) is 0 Å². The summed E-state index contributed by atoms with van der Waals surface area (Å²) >= 11 is 0. The van der Waals surface area contributed by atoms with E-state index in [1.807, 2.05) is 0 Å². The van der Waals surface area contributed by atoms with Crippen LogP contribution in [0, 0.1) is 0 Å². The summed E-state index contributed by atoms with van der Waals surface area (Å²) in [5.41, 5.74) is -0.0807. The number of rotatable bonds is 2. The van der Waals surface area contributed by atoms with Crippen LogP contribution in [0.25, 0.3) is 0 Å². The minimum atomic E-state index is -1.75. The van der Waals surface area contributed by atoms with Crippen LogP contribution in [0.15, 0.2) is 72.8 Å². The fourth-order valence-corrected chi connectivity index (χ4v) is 5.62. The van der Waals surface area contributed by atoms with E-state index < -0.39 is 23.4 Å². The van der Waals surface area contributed by atoms with Gasteiger partial charge in [0.25, 0.3) is 0 Å². The number of benzene rings is 4. The van der Waals surface area contributed by atoms with Crippen LogP contribution >= 0.6 is 0 Å². The van der Waals surface area contributed by atoms with Gasteiger partial charge < -0.3 is 35.4 Å². The molecule has 6 N–H and O–H groups in total. The Bertz CT molecular complexity index is 1540. The maximum Gasteiger partial charge on any atom is 0.331 e. The molecule has 1 aliphatic carbocycles. The molecule has 8 nitrogen and oxygen atoms in total. The van der Waals surface area contributed by atoms with Crippen molar-refractivity contribution in [2.75, 3.05) is 0 Å². The summed E-state index contributed by atoms with van der Waals surface area (Å²) in [6, 6.07) is 17.0. The van der Waals surface area contributed by atoms with E-state index in [0.717, 1.165) is 6.07 Å². The molecule has 4 aromatic rings. The van der Waals surface area contributed by atoms with E-state index in [-0.39, 0.29) is 56.8 Å². The van der Waals surface area contributed by atoms with Crippen LogP contribution in [-0.2, 0) is 10.2 Å². The first-order chi connectivity index (χ1) is 17.2. The lowest BCUT2D eigenvalue weighted by Gasteiger charge is -2.30. The Balaban J connectivity index is 1.82. The second-order valence-electron chi connectivity index (χ2n) is 9.03. The molecule has 1 aliphatic heterocycles. The van der Waals surface area contributed by atoms with E-state index in [9.17, 15) is 35.4 Å². The number of carbonyl (C=O) groups excluding carboxylic acids is 1. The fourth-order valence-electron chi connectivity index (χ4n) is 5.62. The zero-order valence-corrected chi connectivity index (χ0v) is 18.6. The molecular weight excluding hydrogens is 464 g/mol. The summed E-state index contributed by atoms with van der Waals surface area (Å²) in [5.74, 6) is -2.64. The Labute approximate surface area is 204 Å². The van der Waals surface area contributed by atoms with Crippen LogP contribution in [0.1, 0.15) is 45.4 Å². The smallest absolute Gasteiger partial charge is 0.331 e. The highest BCUT2D eigenvalue weighted by molar-refractivity contribution is 6.00. The van der Waals surface area contributed by atoms with Crippen LogP contribution in [0.5, 0.6) is 34.5 Å². The van der Waals surface area contributed by atoms with Gasteiger partial charge in [-0.25, -0.2) is 4.79 Å². The Morgan fingerprint density at radius 1 is 0.722 bits per heavy atom. The topological polar surface area (TPSA) is 148 Å². The molecule has 180 valence electrons. The number of carbonyl (C=O) groups is 1. The molecule has 6 rings (SSSR count). The zero-order valence-electron chi connectivity index (χ0n) is 18.6. The SMILES string of the molecule is O=C1Oc2cc(O)cc3c2[C@@]1(c1ccc(O)cc1)c1cc(O)cc(O)c1[C@H](c1ccc(O)cc1)[C@@H]3O.